The number of benzene rings is 1. The van der Waals surface area contributed by atoms with E-state index in [1.807, 2.05) is 18.2 Å². The van der Waals surface area contributed by atoms with E-state index in [1.165, 1.54) is 0 Å². The molecule has 0 aliphatic heterocycles. The first-order valence-electron chi connectivity index (χ1n) is 4.10. The molecule has 1 heterocycles. The van der Waals surface area contributed by atoms with E-state index < -0.39 is 5.97 Å². The van der Waals surface area contributed by atoms with Crippen LogP contribution in [0.1, 0.15) is 5.56 Å². The molecule has 2 N–H and O–H groups in total. The second-order valence-electron chi connectivity index (χ2n) is 2.89. The van der Waals surface area contributed by atoms with Crippen molar-refractivity contribution in [3.63, 3.8) is 0 Å². The minimum absolute atomic E-state index is 0.837. The van der Waals surface area contributed by atoms with Gasteiger partial charge in [-0.3, -0.25) is 5.10 Å². The summed E-state index contributed by atoms with van der Waals surface area (Å²) in [4.78, 5) is 10.3. The van der Waals surface area contributed by atoms with Crippen molar-refractivity contribution in [2.24, 2.45) is 0 Å². The number of carboxylic acids is 1. The SMILES string of the molecule is O=C(O)/C=C/c1ccc2cn[nH]c2c1. The van der Waals surface area contributed by atoms with E-state index in [2.05, 4.69) is 10.2 Å². The van der Waals surface area contributed by atoms with Gasteiger partial charge in [-0.2, -0.15) is 5.10 Å². The summed E-state index contributed by atoms with van der Waals surface area (Å²) in [5, 5.41) is 16.1. The molecule has 2 aromatic rings. The van der Waals surface area contributed by atoms with Gasteiger partial charge < -0.3 is 5.11 Å². The van der Waals surface area contributed by atoms with Crippen molar-refractivity contribution in [2.75, 3.05) is 0 Å². The Kier molecular flexibility index (Phi) is 2.02. The standard InChI is InChI=1S/C10H8N2O2/c13-10(14)4-2-7-1-3-8-6-11-12-9(8)5-7/h1-6H,(H,11,12)(H,13,14)/b4-2+. The summed E-state index contributed by atoms with van der Waals surface area (Å²) in [5.41, 5.74) is 1.74. The van der Waals surface area contributed by atoms with E-state index in [0.717, 1.165) is 22.5 Å². The van der Waals surface area contributed by atoms with E-state index in [1.54, 1.807) is 12.3 Å². The molecule has 0 amide bonds. The second-order valence-corrected chi connectivity index (χ2v) is 2.89. The van der Waals surface area contributed by atoms with Gasteiger partial charge in [0.15, 0.2) is 0 Å². The average molecular weight is 188 g/mol. The number of aromatic amines is 1. The van der Waals surface area contributed by atoms with Crippen molar-refractivity contribution in [3.8, 4) is 0 Å². The van der Waals surface area contributed by atoms with Gasteiger partial charge in [0, 0.05) is 11.5 Å². The van der Waals surface area contributed by atoms with Crippen LogP contribution in [0.2, 0.25) is 0 Å². The molecule has 0 saturated heterocycles. The highest BCUT2D eigenvalue weighted by atomic mass is 16.4. The summed E-state index contributed by atoms with van der Waals surface area (Å²) < 4.78 is 0. The van der Waals surface area contributed by atoms with E-state index in [-0.39, 0.29) is 0 Å². The number of H-pyrrole nitrogens is 1. The zero-order valence-corrected chi connectivity index (χ0v) is 7.27. The molecule has 4 heteroatoms. The molecule has 0 spiro atoms. The lowest BCUT2D eigenvalue weighted by Gasteiger charge is -1.92. The minimum Gasteiger partial charge on any atom is -0.478 e. The van der Waals surface area contributed by atoms with Crippen LogP contribution in [0.25, 0.3) is 17.0 Å². The monoisotopic (exact) mass is 188 g/mol. The number of carboxylic acid groups (broad SMARTS) is 1. The molecule has 1 aromatic carbocycles. The fourth-order valence-corrected chi connectivity index (χ4v) is 1.23. The first-order valence-corrected chi connectivity index (χ1v) is 4.10. The quantitative estimate of drug-likeness (QED) is 0.704. The lowest BCUT2D eigenvalue weighted by atomic mass is 10.1. The molecule has 2 rings (SSSR count). The maximum Gasteiger partial charge on any atom is 0.328 e. The first-order chi connectivity index (χ1) is 6.75. The van der Waals surface area contributed by atoms with Gasteiger partial charge in [-0.25, -0.2) is 4.79 Å². The van der Waals surface area contributed by atoms with Crippen LogP contribution in [0.5, 0.6) is 0 Å². The summed E-state index contributed by atoms with van der Waals surface area (Å²) in [7, 11) is 0. The Morgan fingerprint density at radius 3 is 3.14 bits per heavy atom. The molecule has 0 fully saturated rings. The smallest absolute Gasteiger partial charge is 0.328 e. The molecule has 0 aliphatic rings. The number of aliphatic carboxylic acids is 1. The van der Waals surface area contributed by atoms with Crippen LogP contribution < -0.4 is 0 Å². The van der Waals surface area contributed by atoms with Crippen molar-refractivity contribution in [1.82, 2.24) is 10.2 Å². The lowest BCUT2D eigenvalue weighted by molar-refractivity contribution is -0.131. The lowest BCUT2D eigenvalue weighted by Crippen LogP contribution is -1.85. The van der Waals surface area contributed by atoms with Gasteiger partial charge in [-0.15, -0.1) is 0 Å². The maximum atomic E-state index is 10.3. The van der Waals surface area contributed by atoms with E-state index >= 15 is 0 Å². The van der Waals surface area contributed by atoms with Gasteiger partial charge in [0.1, 0.15) is 0 Å². The van der Waals surface area contributed by atoms with Crippen molar-refractivity contribution >= 4 is 22.9 Å². The van der Waals surface area contributed by atoms with Gasteiger partial charge in [0.2, 0.25) is 0 Å². The number of hydrogen-bond acceptors (Lipinski definition) is 2. The third kappa shape index (κ3) is 1.64. The Morgan fingerprint density at radius 1 is 1.50 bits per heavy atom. The number of hydrogen-bond donors (Lipinski definition) is 2. The van der Waals surface area contributed by atoms with E-state index in [9.17, 15) is 4.79 Å². The summed E-state index contributed by atoms with van der Waals surface area (Å²) in [6, 6.07) is 5.58. The molecule has 0 unspecified atom stereocenters. The maximum absolute atomic E-state index is 10.3. The molecular weight excluding hydrogens is 180 g/mol. The Labute approximate surface area is 79.9 Å². The third-order valence-corrected chi connectivity index (χ3v) is 1.88. The molecule has 70 valence electrons. The van der Waals surface area contributed by atoms with Crippen LogP contribution >= 0.6 is 0 Å². The molecule has 0 saturated carbocycles. The number of aromatic nitrogens is 2. The predicted octanol–water partition coefficient (Wildman–Crippen LogP) is 1.66. The number of fused-ring (bicyclic) bond motifs is 1. The number of nitrogens with one attached hydrogen (secondary N) is 1. The van der Waals surface area contributed by atoms with Crippen LogP contribution in [-0.4, -0.2) is 21.3 Å². The number of carbonyl (C=O) groups is 1. The molecule has 0 bridgehead atoms. The molecule has 1 aromatic heterocycles. The molecule has 0 atom stereocenters. The second kappa shape index (κ2) is 3.33. The predicted molar refractivity (Wildman–Crippen MR) is 52.8 cm³/mol. The largest absolute Gasteiger partial charge is 0.478 e. The Balaban J connectivity index is 2.39. The van der Waals surface area contributed by atoms with Crippen LogP contribution in [-0.2, 0) is 4.79 Å². The fourth-order valence-electron chi connectivity index (χ4n) is 1.23. The van der Waals surface area contributed by atoms with Crippen LogP contribution in [0.15, 0.2) is 30.5 Å². The summed E-state index contributed by atoms with van der Waals surface area (Å²) in [6.45, 7) is 0. The highest BCUT2D eigenvalue weighted by Gasteiger charge is 1.95. The summed E-state index contributed by atoms with van der Waals surface area (Å²) in [6.07, 6.45) is 4.38. The first kappa shape index (κ1) is 8.50. The zero-order valence-electron chi connectivity index (χ0n) is 7.27. The molecule has 14 heavy (non-hydrogen) atoms. The minimum atomic E-state index is -0.949. The van der Waals surface area contributed by atoms with Gasteiger partial charge in [0.25, 0.3) is 0 Å². The van der Waals surface area contributed by atoms with Gasteiger partial charge >= 0.3 is 5.97 Å². The molecule has 0 radical (unpaired) electrons. The van der Waals surface area contributed by atoms with Gasteiger partial charge in [-0.05, 0) is 17.7 Å². The topological polar surface area (TPSA) is 66.0 Å². The normalized spacial score (nSPS) is 11.1. The van der Waals surface area contributed by atoms with Crippen molar-refractivity contribution in [3.05, 3.63) is 36.0 Å². The Morgan fingerprint density at radius 2 is 2.36 bits per heavy atom. The van der Waals surface area contributed by atoms with Gasteiger partial charge in [0.05, 0.1) is 11.7 Å². The van der Waals surface area contributed by atoms with E-state index in [0.29, 0.717) is 0 Å². The highest BCUT2D eigenvalue weighted by molar-refractivity contribution is 5.87. The third-order valence-electron chi connectivity index (χ3n) is 1.88. The van der Waals surface area contributed by atoms with E-state index in [4.69, 9.17) is 5.11 Å². The fraction of sp³-hybridized carbons (Fsp3) is 0. The van der Waals surface area contributed by atoms with Gasteiger partial charge in [-0.1, -0.05) is 12.1 Å². The highest BCUT2D eigenvalue weighted by Crippen LogP contribution is 2.13. The molecule has 4 nitrogen and oxygen atoms in total. The Hall–Kier alpha value is -2.10. The molecular formula is C10H8N2O2. The van der Waals surface area contributed by atoms with Crippen LogP contribution in [0.3, 0.4) is 0 Å². The zero-order chi connectivity index (χ0) is 9.97. The summed E-state index contributed by atoms with van der Waals surface area (Å²) >= 11 is 0. The van der Waals surface area contributed by atoms with Crippen molar-refractivity contribution in [1.29, 1.82) is 0 Å². The molecule has 0 aliphatic carbocycles. The van der Waals surface area contributed by atoms with Crippen molar-refractivity contribution in [2.45, 2.75) is 0 Å². The van der Waals surface area contributed by atoms with Crippen molar-refractivity contribution < 1.29 is 9.90 Å². The van der Waals surface area contributed by atoms with Crippen LogP contribution in [0, 0.1) is 0 Å². The van der Waals surface area contributed by atoms with Crippen LogP contribution in [0.4, 0.5) is 0 Å². The number of nitrogens with zero attached hydrogens (tertiary/aromatic N) is 1. The summed E-state index contributed by atoms with van der Waals surface area (Å²) in [5.74, 6) is -0.949. The Bertz CT molecular complexity index is 500. The average Bonchev–Trinajstić information content (AvgIpc) is 2.61. The number of rotatable bonds is 2.